The molecule has 0 fully saturated rings. The zero-order valence-corrected chi connectivity index (χ0v) is 12.9. The largest absolute Gasteiger partial charge is 0.330 e. The molecule has 1 rings (SSSR count). The number of nitrogens with zero attached hydrogens (tertiary/aromatic N) is 2. The van der Waals surface area contributed by atoms with E-state index in [-0.39, 0.29) is 11.2 Å². The van der Waals surface area contributed by atoms with Crippen molar-refractivity contribution in [2.75, 3.05) is 6.54 Å². The van der Waals surface area contributed by atoms with Crippen LogP contribution in [0.15, 0.2) is 15.8 Å². The van der Waals surface area contributed by atoms with Gasteiger partial charge in [-0.1, -0.05) is 39.0 Å². The first-order valence-electron chi connectivity index (χ1n) is 7.54. The second-order valence-electron chi connectivity index (χ2n) is 5.36. The molecular weight excluding hydrogens is 254 g/mol. The maximum atomic E-state index is 11.9. The lowest BCUT2D eigenvalue weighted by atomic mass is 10.1. The number of hydrogen-bond acceptors (Lipinski definition) is 3. The molecule has 0 atom stereocenters. The number of rotatable bonds is 9. The van der Waals surface area contributed by atoms with E-state index in [2.05, 4.69) is 12.2 Å². The molecule has 0 spiro atoms. The Balaban J connectivity index is 2.33. The van der Waals surface area contributed by atoms with E-state index in [4.69, 9.17) is 0 Å². The van der Waals surface area contributed by atoms with Crippen LogP contribution in [-0.4, -0.2) is 15.7 Å². The minimum Gasteiger partial charge on any atom is -0.312 e. The van der Waals surface area contributed by atoms with Crippen LogP contribution < -0.4 is 16.6 Å². The Hall–Kier alpha value is -1.36. The van der Waals surface area contributed by atoms with E-state index < -0.39 is 0 Å². The summed E-state index contributed by atoms with van der Waals surface area (Å²) in [5, 5.41) is 3.28. The van der Waals surface area contributed by atoms with Crippen molar-refractivity contribution >= 4 is 0 Å². The fraction of sp³-hybridized carbons (Fsp3) is 0.733. The van der Waals surface area contributed by atoms with Crippen molar-refractivity contribution in [3.8, 4) is 0 Å². The molecule has 0 aliphatic heterocycles. The minimum atomic E-state index is -0.283. The van der Waals surface area contributed by atoms with Crippen molar-refractivity contribution in [1.82, 2.24) is 14.5 Å². The van der Waals surface area contributed by atoms with Gasteiger partial charge in [-0.05, 0) is 13.0 Å². The average Bonchev–Trinajstić information content (AvgIpc) is 2.44. The van der Waals surface area contributed by atoms with E-state index >= 15 is 0 Å². The minimum absolute atomic E-state index is 0.205. The lowest BCUT2D eigenvalue weighted by Gasteiger charge is -2.08. The summed E-state index contributed by atoms with van der Waals surface area (Å²) in [5.74, 6) is 0. The zero-order chi connectivity index (χ0) is 15.0. The molecule has 0 bridgehead atoms. The van der Waals surface area contributed by atoms with Gasteiger partial charge in [-0.15, -0.1) is 0 Å². The monoisotopic (exact) mass is 281 g/mol. The molecule has 0 saturated carbocycles. The topological polar surface area (TPSA) is 56.0 Å². The van der Waals surface area contributed by atoms with Crippen molar-refractivity contribution < 1.29 is 0 Å². The number of aryl methyl sites for hydroxylation is 1. The summed E-state index contributed by atoms with van der Waals surface area (Å²) in [7, 11) is 3.18. The Kier molecular flexibility index (Phi) is 7.30. The lowest BCUT2D eigenvalue weighted by molar-refractivity contribution is 0.565. The summed E-state index contributed by atoms with van der Waals surface area (Å²) in [6.45, 7) is 3.66. The van der Waals surface area contributed by atoms with Crippen LogP contribution in [0.3, 0.4) is 0 Å². The van der Waals surface area contributed by atoms with E-state index in [9.17, 15) is 9.59 Å². The third-order valence-corrected chi connectivity index (χ3v) is 3.54. The fourth-order valence-corrected chi connectivity index (χ4v) is 2.26. The van der Waals surface area contributed by atoms with Crippen molar-refractivity contribution in [2.24, 2.45) is 14.1 Å². The molecule has 0 aliphatic rings. The van der Waals surface area contributed by atoms with Gasteiger partial charge in [0.25, 0.3) is 5.56 Å². The maximum absolute atomic E-state index is 11.9. The van der Waals surface area contributed by atoms with E-state index in [1.165, 1.54) is 43.7 Å². The molecule has 0 aromatic carbocycles. The Morgan fingerprint density at radius 2 is 1.70 bits per heavy atom. The van der Waals surface area contributed by atoms with E-state index in [0.717, 1.165) is 17.5 Å². The lowest BCUT2D eigenvalue weighted by Crippen LogP contribution is -2.39. The Labute approximate surface area is 120 Å². The molecule has 1 heterocycles. The van der Waals surface area contributed by atoms with Crippen LogP contribution in [-0.2, 0) is 20.6 Å². The van der Waals surface area contributed by atoms with Crippen LogP contribution in [0, 0.1) is 0 Å². The zero-order valence-electron chi connectivity index (χ0n) is 12.9. The van der Waals surface area contributed by atoms with Crippen LogP contribution in [0.5, 0.6) is 0 Å². The van der Waals surface area contributed by atoms with Crippen LogP contribution in [0.2, 0.25) is 0 Å². The third kappa shape index (κ3) is 4.96. The molecular formula is C15H27N3O2. The Morgan fingerprint density at radius 1 is 1.05 bits per heavy atom. The number of nitrogens with one attached hydrogen (secondary N) is 1. The highest BCUT2D eigenvalue weighted by atomic mass is 16.2. The van der Waals surface area contributed by atoms with Crippen molar-refractivity contribution in [2.45, 2.75) is 52.0 Å². The van der Waals surface area contributed by atoms with Crippen LogP contribution in [0.1, 0.15) is 51.0 Å². The maximum Gasteiger partial charge on any atom is 0.330 e. The smallest absolute Gasteiger partial charge is 0.312 e. The standard InChI is InChI=1S/C15H27N3O2/c1-4-5-6-7-8-9-10-16-11-13-12-17(2)15(20)18(3)14(13)19/h12,16H,4-11H2,1-3H3. The van der Waals surface area contributed by atoms with Gasteiger partial charge in [0.2, 0.25) is 0 Å². The second-order valence-corrected chi connectivity index (χ2v) is 5.36. The van der Waals surface area contributed by atoms with Gasteiger partial charge in [-0.25, -0.2) is 4.79 Å². The van der Waals surface area contributed by atoms with Gasteiger partial charge in [-0.3, -0.25) is 9.36 Å². The van der Waals surface area contributed by atoms with Gasteiger partial charge in [0.15, 0.2) is 0 Å². The molecule has 0 aliphatic carbocycles. The summed E-state index contributed by atoms with van der Waals surface area (Å²) >= 11 is 0. The molecule has 0 amide bonds. The molecule has 0 saturated heterocycles. The van der Waals surface area contributed by atoms with Crippen LogP contribution in [0.25, 0.3) is 0 Å². The average molecular weight is 281 g/mol. The summed E-state index contributed by atoms with van der Waals surface area (Å²) in [6, 6.07) is 0. The first-order chi connectivity index (χ1) is 9.57. The summed E-state index contributed by atoms with van der Waals surface area (Å²) in [5.41, 5.74) is 0.152. The molecule has 0 radical (unpaired) electrons. The first kappa shape index (κ1) is 16.7. The van der Waals surface area contributed by atoms with Gasteiger partial charge in [0, 0.05) is 32.4 Å². The predicted octanol–water partition coefficient (Wildman–Crippen LogP) is 1.53. The van der Waals surface area contributed by atoms with E-state index in [1.54, 1.807) is 13.2 Å². The predicted molar refractivity (Wildman–Crippen MR) is 82.0 cm³/mol. The SMILES string of the molecule is CCCCCCCCNCc1cn(C)c(=O)n(C)c1=O. The Morgan fingerprint density at radius 3 is 2.40 bits per heavy atom. The van der Waals surface area contributed by atoms with Gasteiger partial charge < -0.3 is 9.88 Å². The highest BCUT2D eigenvalue weighted by molar-refractivity contribution is 5.05. The van der Waals surface area contributed by atoms with E-state index in [1.807, 2.05) is 0 Å². The normalized spacial score (nSPS) is 10.9. The van der Waals surface area contributed by atoms with Crippen LogP contribution >= 0.6 is 0 Å². The number of aromatic nitrogens is 2. The third-order valence-electron chi connectivity index (χ3n) is 3.54. The van der Waals surface area contributed by atoms with Gasteiger partial charge in [0.05, 0.1) is 0 Å². The molecule has 0 unspecified atom stereocenters. The summed E-state index contributed by atoms with van der Waals surface area (Å²) < 4.78 is 2.60. The molecule has 1 N–H and O–H groups in total. The quantitative estimate of drug-likeness (QED) is 0.698. The summed E-state index contributed by atoms with van der Waals surface area (Å²) in [4.78, 5) is 23.4. The fourth-order valence-electron chi connectivity index (χ4n) is 2.26. The first-order valence-corrected chi connectivity index (χ1v) is 7.54. The van der Waals surface area contributed by atoms with Gasteiger partial charge in [0.1, 0.15) is 0 Å². The summed E-state index contributed by atoms with van der Waals surface area (Å²) in [6.07, 6.45) is 9.19. The molecule has 5 nitrogen and oxygen atoms in total. The number of unbranched alkanes of at least 4 members (excludes halogenated alkanes) is 5. The number of hydrogen-bond donors (Lipinski definition) is 1. The molecule has 1 aromatic heterocycles. The molecule has 114 valence electrons. The van der Waals surface area contributed by atoms with Gasteiger partial charge in [-0.2, -0.15) is 0 Å². The van der Waals surface area contributed by atoms with Crippen LogP contribution in [0.4, 0.5) is 0 Å². The molecule has 1 aromatic rings. The Bertz CT molecular complexity index is 517. The highest BCUT2D eigenvalue weighted by Crippen LogP contribution is 2.04. The van der Waals surface area contributed by atoms with Crippen molar-refractivity contribution in [1.29, 1.82) is 0 Å². The molecule has 20 heavy (non-hydrogen) atoms. The van der Waals surface area contributed by atoms with Crippen molar-refractivity contribution in [3.63, 3.8) is 0 Å². The molecule has 5 heteroatoms. The second kappa shape index (κ2) is 8.74. The van der Waals surface area contributed by atoms with E-state index in [0.29, 0.717) is 12.1 Å². The van der Waals surface area contributed by atoms with Crippen molar-refractivity contribution in [3.05, 3.63) is 32.6 Å². The van der Waals surface area contributed by atoms with Gasteiger partial charge >= 0.3 is 5.69 Å². The highest BCUT2D eigenvalue weighted by Gasteiger charge is 2.05.